The van der Waals surface area contributed by atoms with Gasteiger partial charge in [-0.05, 0) is 57.9 Å². The molecule has 2 aromatic carbocycles. The van der Waals surface area contributed by atoms with Gasteiger partial charge in [-0.1, -0.05) is 24.3 Å². The predicted molar refractivity (Wildman–Crippen MR) is 86.4 cm³/mol. The van der Waals surface area contributed by atoms with Gasteiger partial charge in [0.1, 0.15) is 5.75 Å². The summed E-state index contributed by atoms with van der Waals surface area (Å²) in [5, 5.41) is 3.45. The van der Waals surface area contributed by atoms with E-state index in [0.29, 0.717) is 0 Å². The van der Waals surface area contributed by atoms with E-state index in [2.05, 4.69) is 51.6 Å². The van der Waals surface area contributed by atoms with Gasteiger partial charge >= 0.3 is 0 Å². The van der Waals surface area contributed by atoms with E-state index in [0.717, 1.165) is 28.4 Å². The molecule has 1 saturated carbocycles. The summed E-state index contributed by atoms with van der Waals surface area (Å²) in [6, 6.07) is 15.0. The van der Waals surface area contributed by atoms with E-state index >= 15 is 0 Å². The van der Waals surface area contributed by atoms with Crippen LogP contribution in [0, 0.1) is 0 Å². The molecule has 1 aliphatic carbocycles. The van der Waals surface area contributed by atoms with Crippen molar-refractivity contribution in [2.45, 2.75) is 25.3 Å². The number of hydrogen-bond donors (Lipinski definition) is 1. The normalized spacial score (nSPS) is 14.1. The van der Waals surface area contributed by atoms with Crippen molar-refractivity contribution in [3.05, 3.63) is 58.1 Å². The molecule has 0 aliphatic heterocycles. The van der Waals surface area contributed by atoms with E-state index in [-0.39, 0.29) is 0 Å². The first-order valence-electron chi connectivity index (χ1n) is 6.92. The molecule has 2 nitrogen and oxygen atoms in total. The molecule has 3 heteroatoms. The third kappa shape index (κ3) is 3.15. The molecule has 1 aliphatic rings. The SMILES string of the molecule is COc1cc(NCc2cccc(C3CC3)c2)ccc1Br. The fourth-order valence-electron chi connectivity index (χ4n) is 2.35. The molecule has 0 heterocycles. The maximum Gasteiger partial charge on any atom is 0.135 e. The first-order valence-corrected chi connectivity index (χ1v) is 7.72. The fraction of sp³-hybridized carbons (Fsp3) is 0.294. The highest BCUT2D eigenvalue weighted by Crippen LogP contribution is 2.40. The Balaban J connectivity index is 1.68. The van der Waals surface area contributed by atoms with Gasteiger partial charge in [-0.15, -0.1) is 0 Å². The summed E-state index contributed by atoms with van der Waals surface area (Å²) >= 11 is 3.47. The maximum atomic E-state index is 5.31. The highest BCUT2D eigenvalue weighted by Gasteiger charge is 2.23. The van der Waals surface area contributed by atoms with Crippen LogP contribution < -0.4 is 10.1 Å². The summed E-state index contributed by atoms with van der Waals surface area (Å²) in [4.78, 5) is 0. The average molecular weight is 332 g/mol. The molecule has 104 valence electrons. The number of rotatable bonds is 5. The van der Waals surface area contributed by atoms with Crippen LogP contribution in [0.15, 0.2) is 46.9 Å². The first kappa shape index (κ1) is 13.5. The van der Waals surface area contributed by atoms with Gasteiger partial charge in [-0.3, -0.25) is 0 Å². The molecule has 0 saturated heterocycles. The number of ether oxygens (including phenoxy) is 1. The minimum Gasteiger partial charge on any atom is -0.495 e. The summed E-state index contributed by atoms with van der Waals surface area (Å²) in [5.41, 5.74) is 3.89. The van der Waals surface area contributed by atoms with Gasteiger partial charge in [0.05, 0.1) is 11.6 Å². The molecule has 0 aromatic heterocycles. The van der Waals surface area contributed by atoms with Crippen LogP contribution in [0.5, 0.6) is 5.75 Å². The largest absolute Gasteiger partial charge is 0.495 e. The Hall–Kier alpha value is -1.48. The Kier molecular flexibility index (Phi) is 3.97. The molecule has 0 radical (unpaired) electrons. The van der Waals surface area contributed by atoms with Crippen molar-refractivity contribution in [2.24, 2.45) is 0 Å². The molecular formula is C17H18BrNO. The van der Waals surface area contributed by atoms with Gasteiger partial charge in [0.15, 0.2) is 0 Å². The van der Waals surface area contributed by atoms with E-state index in [1.165, 1.54) is 24.0 Å². The lowest BCUT2D eigenvalue weighted by molar-refractivity contribution is 0.412. The molecule has 0 unspecified atom stereocenters. The standard InChI is InChI=1S/C17H18BrNO/c1-20-17-10-15(7-8-16(17)18)19-11-12-3-2-4-14(9-12)13-5-6-13/h2-4,7-10,13,19H,5-6,11H2,1H3. The fourth-order valence-corrected chi connectivity index (χ4v) is 2.76. The Labute approximate surface area is 128 Å². The number of anilines is 1. The van der Waals surface area contributed by atoms with Crippen molar-refractivity contribution in [1.29, 1.82) is 0 Å². The van der Waals surface area contributed by atoms with Gasteiger partial charge in [0.2, 0.25) is 0 Å². The third-order valence-electron chi connectivity index (χ3n) is 3.65. The van der Waals surface area contributed by atoms with Crippen molar-refractivity contribution < 1.29 is 4.74 Å². The lowest BCUT2D eigenvalue weighted by Gasteiger charge is -2.10. The summed E-state index contributed by atoms with van der Waals surface area (Å²) in [6.07, 6.45) is 2.70. The number of hydrogen-bond acceptors (Lipinski definition) is 2. The van der Waals surface area contributed by atoms with Crippen LogP contribution in [0.2, 0.25) is 0 Å². The summed E-state index contributed by atoms with van der Waals surface area (Å²) in [5.74, 6) is 1.66. The molecular weight excluding hydrogens is 314 g/mol. The van der Waals surface area contributed by atoms with Crippen molar-refractivity contribution in [2.75, 3.05) is 12.4 Å². The quantitative estimate of drug-likeness (QED) is 0.837. The summed E-state index contributed by atoms with van der Waals surface area (Å²) in [6.45, 7) is 0.839. The van der Waals surface area contributed by atoms with Crippen LogP contribution in [0.1, 0.15) is 29.9 Å². The van der Waals surface area contributed by atoms with E-state index < -0.39 is 0 Å². The minimum absolute atomic E-state index is 0.808. The number of nitrogens with one attached hydrogen (secondary N) is 1. The summed E-state index contributed by atoms with van der Waals surface area (Å²) in [7, 11) is 1.68. The zero-order valence-electron chi connectivity index (χ0n) is 11.5. The zero-order chi connectivity index (χ0) is 13.9. The minimum atomic E-state index is 0.808. The van der Waals surface area contributed by atoms with E-state index in [1.54, 1.807) is 7.11 Å². The Morgan fingerprint density at radius 1 is 1.20 bits per heavy atom. The van der Waals surface area contributed by atoms with E-state index in [4.69, 9.17) is 4.74 Å². The highest BCUT2D eigenvalue weighted by atomic mass is 79.9. The Morgan fingerprint density at radius 2 is 2.05 bits per heavy atom. The maximum absolute atomic E-state index is 5.31. The zero-order valence-corrected chi connectivity index (χ0v) is 13.1. The molecule has 20 heavy (non-hydrogen) atoms. The monoisotopic (exact) mass is 331 g/mol. The number of benzene rings is 2. The molecule has 0 spiro atoms. The van der Waals surface area contributed by atoms with Crippen molar-refractivity contribution in [3.8, 4) is 5.75 Å². The smallest absolute Gasteiger partial charge is 0.135 e. The van der Waals surface area contributed by atoms with Crippen molar-refractivity contribution >= 4 is 21.6 Å². The summed E-state index contributed by atoms with van der Waals surface area (Å²) < 4.78 is 6.28. The van der Waals surface area contributed by atoms with Crippen molar-refractivity contribution in [1.82, 2.24) is 0 Å². The average Bonchev–Trinajstić information content (AvgIpc) is 3.31. The van der Waals surface area contributed by atoms with E-state index in [9.17, 15) is 0 Å². The van der Waals surface area contributed by atoms with E-state index in [1.807, 2.05) is 12.1 Å². The Morgan fingerprint density at radius 3 is 2.80 bits per heavy atom. The molecule has 0 atom stereocenters. The van der Waals surface area contributed by atoms with Gasteiger partial charge in [-0.25, -0.2) is 0 Å². The van der Waals surface area contributed by atoms with Gasteiger partial charge < -0.3 is 10.1 Å². The first-order chi connectivity index (χ1) is 9.76. The lowest BCUT2D eigenvalue weighted by Crippen LogP contribution is -2.00. The number of methoxy groups -OCH3 is 1. The van der Waals surface area contributed by atoms with Gasteiger partial charge in [0, 0.05) is 18.3 Å². The van der Waals surface area contributed by atoms with Gasteiger partial charge in [-0.2, -0.15) is 0 Å². The van der Waals surface area contributed by atoms with Crippen molar-refractivity contribution in [3.63, 3.8) is 0 Å². The van der Waals surface area contributed by atoms with Crippen LogP contribution >= 0.6 is 15.9 Å². The molecule has 3 rings (SSSR count). The molecule has 0 amide bonds. The van der Waals surface area contributed by atoms with Crippen LogP contribution in [-0.2, 0) is 6.54 Å². The molecule has 0 bridgehead atoms. The molecule has 1 fully saturated rings. The topological polar surface area (TPSA) is 21.3 Å². The van der Waals surface area contributed by atoms with Gasteiger partial charge in [0.25, 0.3) is 0 Å². The van der Waals surface area contributed by atoms with Crippen LogP contribution in [0.25, 0.3) is 0 Å². The highest BCUT2D eigenvalue weighted by molar-refractivity contribution is 9.10. The second kappa shape index (κ2) is 5.88. The Bertz CT molecular complexity index is 608. The lowest BCUT2D eigenvalue weighted by atomic mass is 10.1. The van der Waals surface area contributed by atoms with Crippen LogP contribution in [0.3, 0.4) is 0 Å². The second-order valence-corrected chi connectivity index (χ2v) is 6.08. The third-order valence-corrected chi connectivity index (χ3v) is 4.30. The second-order valence-electron chi connectivity index (χ2n) is 5.22. The molecule has 2 aromatic rings. The van der Waals surface area contributed by atoms with Crippen LogP contribution in [0.4, 0.5) is 5.69 Å². The van der Waals surface area contributed by atoms with Crippen LogP contribution in [-0.4, -0.2) is 7.11 Å². The number of halogens is 1. The predicted octanol–water partition coefficient (Wildman–Crippen LogP) is 4.95. The molecule has 1 N–H and O–H groups in total.